The Morgan fingerprint density at radius 2 is 1.96 bits per heavy atom. The van der Waals surface area contributed by atoms with Gasteiger partial charge in [-0.15, -0.1) is 24.2 Å². The van der Waals surface area contributed by atoms with Gasteiger partial charge in [-0.3, -0.25) is 4.79 Å². The standard InChI is InChI=1S/C19H22N2OS.ClH/c1-14(13-23-15-7-3-2-4-8-15)19(22)21-12-6-9-16-17(20)10-5-11-18(16)21;/h2-5,7-8,10-11,14H,6,9,12-13,20H2,1H3;1H. The molecule has 0 saturated carbocycles. The number of halogens is 1. The van der Waals surface area contributed by atoms with E-state index in [1.54, 1.807) is 11.8 Å². The molecule has 24 heavy (non-hydrogen) atoms. The lowest BCUT2D eigenvalue weighted by molar-refractivity contribution is -0.121. The van der Waals surface area contributed by atoms with Gasteiger partial charge >= 0.3 is 0 Å². The fourth-order valence-electron chi connectivity index (χ4n) is 2.96. The van der Waals surface area contributed by atoms with E-state index in [-0.39, 0.29) is 24.2 Å². The molecule has 1 heterocycles. The molecule has 1 unspecified atom stereocenters. The lowest BCUT2D eigenvalue weighted by Crippen LogP contribution is -2.39. The van der Waals surface area contributed by atoms with Crippen LogP contribution in [0, 0.1) is 5.92 Å². The maximum atomic E-state index is 12.9. The number of nitrogen functional groups attached to an aromatic ring is 1. The second-order valence-electron chi connectivity index (χ2n) is 5.96. The van der Waals surface area contributed by atoms with Crippen molar-refractivity contribution in [3.8, 4) is 0 Å². The fraction of sp³-hybridized carbons (Fsp3) is 0.316. The predicted molar refractivity (Wildman–Crippen MR) is 105 cm³/mol. The molecule has 0 fully saturated rings. The molecule has 0 bridgehead atoms. The molecule has 128 valence electrons. The summed E-state index contributed by atoms with van der Waals surface area (Å²) in [7, 11) is 0. The molecule has 2 aromatic rings. The number of thioether (sulfide) groups is 1. The molecule has 1 aliphatic heterocycles. The fourth-order valence-corrected chi connectivity index (χ4v) is 3.89. The molecule has 0 radical (unpaired) electrons. The second kappa shape index (κ2) is 8.45. The van der Waals surface area contributed by atoms with Crippen LogP contribution in [-0.2, 0) is 11.2 Å². The molecule has 0 spiro atoms. The van der Waals surface area contributed by atoms with E-state index in [9.17, 15) is 4.79 Å². The number of anilines is 2. The van der Waals surface area contributed by atoms with Crippen molar-refractivity contribution >= 4 is 41.5 Å². The highest BCUT2D eigenvalue weighted by atomic mass is 35.5. The highest BCUT2D eigenvalue weighted by Crippen LogP contribution is 2.32. The van der Waals surface area contributed by atoms with Crippen molar-refractivity contribution < 1.29 is 4.79 Å². The lowest BCUT2D eigenvalue weighted by Gasteiger charge is -2.32. The lowest BCUT2D eigenvalue weighted by atomic mass is 9.98. The van der Waals surface area contributed by atoms with E-state index >= 15 is 0 Å². The molecule has 0 aromatic heterocycles. The molecule has 1 amide bonds. The molecular formula is C19H23ClN2OS. The Hall–Kier alpha value is -1.65. The van der Waals surface area contributed by atoms with Gasteiger partial charge in [-0.05, 0) is 42.7 Å². The predicted octanol–water partition coefficient (Wildman–Crippen LogP) is 4.40. The van der Waals surface area contributed by atoms with Crippen LogP contribution in [0.25, 0.3) is 0 Å². The van der Waals surface area contributed by atoms with Crippen molar-refractivity contribution in [2.75, 3.05) is 22.9 Å². The van der Waals surface area contributed by atoms with Crippen molar-refractivity contribution in [2.45, 2.75) is 24.7 Å². The second-order valence-corrected chi connectivity index (χ2v) is 7.06. The third kappa shape index (κ3) is 4.05. The van der Waals surface area contributed by atoms with Crippen molar-refractivity contribution in [3.05, 3.63) is 54.1 Å². The maximum absolute atomic E-state index is 12.9. The Kier molecular flexibility index (Phi) is 6.58. The first-order valence-corrected chi connectivity index (χ1v) is 9.02. The molecule has 0 aliphatic carbocycles. The molecule has 5 heteroatoms. The summed E-state index contributed by atoms with van der Waals surface area (Å²) in [5, 5.41) is 0. The zero-order chi connectivity index (χ0) is 16.2. The number of carbonyl (C=O) groups is 1. The van der Waals surface area contributed by atoms with Crippen LogP contribution >= 0.6 is 24.2 Å². The number of benzene rings is 2. The van der Waals surface area contributed by atoms with Gasteiger partial charge in [0.25, 0.3) is 0 Å². The normalized spacial score (nSPS) is 14.5. The van der Waals surface area contributed by atoms with Crippen molar-refractivity contribution in [1.82, 2.24) is 0 Å². The van der Waals surface area contributed by atoms with Gasteiger partial charge in [0.1, 0.15) is 0 Å². The zero-order valence-corrected chi connectivity index (χ0v) is 15.4. The van der Waals surface area contributed by atoms with Crippen LogP contribution in [0.15, 0.2) is 53.4 Å². The Balaban J connectivity index is 0.00000208. The summed E-state index contributed by atoms with van der Waals surface area (Å²) >= 11 is 1.73. The van der Waals surface area contributed by atoms with Gasteiger partial charge in [-0.2, -0.15) is 0 Å². The topological polar surface area (TPSA) is 46.3 Å². The van der Waals surface area contributed by atoms with E-state index in [0.717, 1.165) is 42.1 Å². The first-order valence-electron chi connectivity index (χ1n) is 8.03. The number of hydrogen-bond donors (Lipinski definition) is 1. The summed E-state index contributed by atoms with van der Waals surface area (Å²) in [5.74, 6) is 0.962. The molecule has 1 aliphatic rings. The third-order valence-corrected chi connectivity index (χ3v) is 5.49. The Morgan fingerprint density at radius 1 is 1.21 bits per heavy atom. The summed E-state index contributed by atoms with van der Waals surface area (Å²) in [6, 6.07) is 16.1. The Morgan fingerprint density at radius 3 is 2.71 bits per heavy atom. The van der Waals surface area contributed by atoms with Gasteiger partial charge < -0.3 is 10.6 Å². The zero-order valence-electron chi connectivity index (χ0n) is 13.8. The highest BCUT2D eigenvalue weighted by molar-refractivity contribution is 7.99. The van der Waals surface area contributed by atoms with Gasteiger partial charge in [-0.1, -0.05) is 31.2 Å². The van der Waals surface area contributed by atoms with Crippen LogP contribution in [0.3, 0.4) is 0 Å². The summed E-state index contributed by atoms with van der Waals surface area (Å²) in [5.41, 5.74) is 8.99. The molecule has 2 aromatic carbocycles. The highest BCUT2D eigenvalue weighted by Gasteiger charge is 2.27. The number of nitrogens with two attached hydrogens (primary N) is 1. The van der Waals surface area contributed by atoms with Crippen LogP contribution in [0.5, 0.6) is 0 Å². The van der Waals surface area contributed by atoms with E-state index in [1.165, 1.54) is 4.90 Å². The van der Waals surface area contributed by atoms with Crippen molar-refractivity contribution in [1.29, 1.82) is 0 Å². The number of rotatable bonds is 4. The van der Waals surface area contributed by atoms with E-state index in [2.05, 4.69) is 12.1 Å². The molecule has 3 rings (SSSR count). The van der Waals surface area contributed by atoms with Crippen molar-refractivity contribution in [2.24, 2.45) is 5.92 Å². The van der Waals surface area contributed by atoms with E-state index in [4.69, 9.17) is 5.73 Å². The average molecular weight is 363 g/mol. The number of hydrogen-bond acceptors (Lipinski definition) is 3. The molecule has 2 N–H and O–H groups in total. The van der Waals surface area contributed by atoms with E-state index in [0.29, 0.717) is 0 Å². The minimum absolute atomic E-state index is 0. The van der Waals surface area contributed by atoms with Crippen molar-refractivity contribution in [3.63, 3.8) is 0 Å². The Labute approximate surface area is 154 Å². The monoisotopic (exact) mass is 362 g/mol. The summed E-state index contributed by atoms with van der Waals surface area (Å²) in [6.45, 7) is 2.80. The minimum atomic E-state index is -0.0208. The van der Waals surface area contributed by atoms with Crippen LogP contribution in [0.2, 0.25) is 0 Å². The largest absolute Gasteiger partial charge is 0.398 e. The molecule has 0 saturated heterocycles. The summed E-state index contributed by atoms with van der Waals surface area (Å²) in [4.78, 5) is 16.0. The molecule has 1 atom stereocenters. The quantitative estimate of drug-likeness (QED) is 0.647. The number of fused-ring (bicyclic) bond motifs is 1. The summed E-state index contributed by atoms with van der Waals surface area (Å²) in [6.07, 6.45) is 1.93. The third-order valence-electron chi connectivity index (χ3n) is 4.22. The minimum Gasteiger partial charge on any atom is -0.398 e. The molecular weight excluding hydrogens is 340 g/mol. The average Bonchev–Trinajstić information content (AvgIpc) is 2.60. The Bertz CT molecular complexity index is 693. The van der Waals surface area contributed by atoms with Gasteiger partial charge in [-0.25, -0.2) is 0 Å². The first-order chi connectivity index (χ1) is 11.2. The van der Waals surface area contributed by atoms with Crippen LogP contribution in [0.1, 0.15) is 18.9 Å². The van der Waals surface area contributed by atoms with Gasteiger partial charge in [0.2, 0.25) is 5.91 Å². The smallest absolute Gasteiger partial charge is 0.230 e. The molecule has 3 nitrogen and oxygen atoms in total. The van der Waals surface area contributed by atoms with Crippen LogP contribution < -0.4 is 10.6 Å². The van der Waals surface area contributed by atoms with Crippen LogP contribution in [0.4, 0.5) is 11.4 Å². The van der Waals surface area contributed by atoms with Gasteiger partial charge in [0.05, 0.1) is 0 Å². The van der Waals surface area contributed by atoms with Gasteiger partial charge in [0, 0.05) is 34.5 Å². The summed E-state index contributed by atoms with van der Waals surface area (Å²) < 4.78 is 0. The van der Waals surface area contributed by atoms with E-state index in [1.807, 2.05) is 48.2 Å². The first kappa shape index (κ1) is 18.7. The number of carbonyl (C=O) groups excluding carboxylic acids is 1. The maximum Gasteiger partial charge on any atom is 0.230 e. The SMILES string of the molecule is CC(CSc1ccccc1)C(=O)N1CCCc2c(N)cccc21.Cl. The van der Waals surface area contributed by atoms with Gasteiger partial charge in [0.15, 0.2) is 0 Å². The van der Waals surface area contributed by atoms with E-state index < -0.39 is 0 Å². The number of amides is 1. The van der Waals surface area contributed by atoms with Crippen LogP contribution in [-0.4, -0.2) is 18.2 Å². The number of nitrogens with zero attached hydrogens (tertiary/aromatic N) is 1.